The number of pyridine rings is 1. The van der Waals surface area contributed by atoms with Gasteiger partial charge >= 0.3 is 0 Å². The van der Waals surface area contributed by atoms with Gasteiger partial charge in [0.2, 0.25) is 0 Å². The first-order valence-corrected chi connectivity index (χ1v) is 4.58. The van der Waals surface area contributed by atoms with Gasteiger partial charge in [0.15, 0.2) is 0 Å². The normalized spacial score (nSPS) is 31.8. The molecule has 2 heterocycles. The van der Waals surface area contributed by atoms with Crippen LogP contribution in [0.4, 0.5) is 5.69 Å². The predicted octanol–water partition coefficient (Wildman–Crippen LogP) is 1.54. The van der Waals surface area contributed by atoms with Crippen LogP contribution in [0, 0.1) is 11.8 Å². The van der Waals surface area contributed by atoms with Crippen molar-refractivity contribution >= 4 is 5.69 Å². The lowest BCUT2D eigenvalue weighted by atomic mass is 10.3. The number of hydrogen-bond donors (Lipinski definition) is 0. The van der Waals surface area contributed by atoms with Gasteiger partial charge in [0.25, 0.3) is 0 Å². The van der Waals surface area contributed by atoms with Crippen LogP contribution in [0.25, 0.3) is 0 Å². The summed E-state index contributed by atoms with van der Waals surface area (Å²) >= 11 is 0. The Balaban J connectivity index is 1.82. The minimum absolute atomic E-state index is 1.00. The van der Waals surface area contributed by atoms with Gasteiger partial charge in [0.1, 0.15) is 0 Å². The third-order valence-electron chi connectivity index (χ3n) is 2.99. The Morgan fingerprint density at radius 2 is 2.17 bits per heavy atom. The average molecular weight is 160 g/mol. The van der Waals surface area contributed by atoms with E-state index in [1.165, 1.54) is 25.2 Å². The fourth-order valence-corrected chi connectivity index (χ4v) is 2.15. The molecule has 2 aliphatic rings. The molecule has 12 heavy (non-hydrogen) atoms. The first-order chi connectivity index (χ1) is 5.93. The maximum atomic E-state index is 4.13. The largest absolute Gasteiger partial charge is 0.370 e. The predicted molar refractivity (Wildman–Crippen MR) is 48.0 cm³/mol. The SMILES string of the molecule is c1cncc(N2C[C@H]3C[C@H]3C2)c1. The van der Waals surface area contributed by atoms with Crippen LogP contribution < -0.4 is 4.90 Å². The highest BCUT2D eigenvalue weighted by molar-refractivity contribution is 5.46. The molecule has 1 saturated carbocycles. The van der Waals surface area contributed by atoms with Crippen molar-refractivity contribution in [2.45, 2.75) is 6.42 Å². The van der Waals surface area contributed by atoms with E-state index < -0.39 is 0 Å². The van der Waals surface area contributed by atoms with E-state index in [9.17, 15) is 0 Å². The van der Waals surface area contributed by atoms with Gasteiger partial charge in [-0.1, -0.05) is 0 Å². The fourth-order valence-electron chi connectivity index (χ4n) is 2.15. The van der Waals surface area contributed by atoms with Crippen molar-refractivity contribution in [1.29, 1.82) is 0 Å². The smallest absolute Gasteiger partial charge is 0.0552 e. The van der Waals surface area contributed by atoms with Gasteiger partial charge in [-0.2, -0.15) is 0 Å². The lowest BCUT2D eigenvalue weighted by Crippen LogP contribution is -2.21. The topological polar surface area (TPSA) is 16.1 Å². The summed E-state index contributed by atoms with van der Waals surface area (Å²) in [6.07, 6.45) is 5.27. The third kappa shape index (κ3) is 0.909. The molecule has 1 saturated heterocycles. The van der Waals surface area contributed by atoms with Gasteiger partial charge in [-0.15, -0.1) is 0 Å². The fraction of sp³-hybridized carbons (Fsp3) is 0.500. The van der Waals surface area contributed by atoms with Crippen LogP contribution in [0.2, 0.25) is 0 Å². The molecule has 0 amide bonds. The van der Waals surface area contributed by atoms with E-state index in [4.69, 9.17) is 0 Å². The summed E-state index contributed by atoms with van der Waals surface area (Å²) in [5, 5.41) is 0. The van der Waals surface area contributed by atoms with Crippen molar-refractivity contribution in [3.63, 3.8) is 0 Å². The number of aromatic nitrogens is 1. The summed E-state index contributed by atoms with van der Waals surface area (Å²) in [5.41, 5.74) is 1.30. The average Bonchev–Trinajstić information content (AvgIpc) is 2.75. The van der Waals surface area contributed by atoms with Crippen LogP contribution in [0.1, 0.15) is 6.42 Å². The second kappa shape index (κ2) is 2.22. The lowest BCUT2D eigenvalue weighted by molar-refractivity contribution is 0.817. The Hall–Kier alpha value is -1.05. The lowest BCUT2D eigenvalue weighted by Gasteiger charge is -2.19. The van der Waals surface area contributed by atoms with Crippen molar-refractivity contribution in [3.8, 4) is 0 Å². The first-order valence-electron chi connectivity index (χ1n) is 4.58. The van der Waals surface area contributed by atoms with E-state index >= 15 is 0 Å². The maximum absolute atomic E-state index is 4.13. The minimum atomic E-state index is 1.00. The molecular formula is C10H12N2. The zero-order valence-corrected chi connectivity index (χ0v) is 6.98. The molecule has 0 bridgehead atoms. The maximum Gasteiger partial charge on any atom is 0.0552 e. The highest BCUT2D eigenvalue weighted by Crippen LogP contribution is 2.45. The molecule has 0 spiro atoms. The zero-order chi connectivity index (χ0) is 7.97. The van der Waals surface area contributed by atoms with Crippen LogP contribution in [0.5, 0.6) is 0 Å². The Morgan fingerprint density at radius 1 is 1.33 bits per heavy atom. The Kier molecular flexibility index (Phi) is 1.20. The van der Waals surface area contributed by atoms with E-state index in [2.05, 4.69) is 16.0 Å². The second-order valence-corrected chi connectivity index (χ2v) is 3.87. The molecular weight excluding hydrogens is 148 g/mol. The standard InChI is InChI=1S/C10H12N2/c1-2-10(5-11-3-1)12-6-8-4-9(8)7-12/h1-3,5,8-9H,4,6-7H2/t8-,9+. The third-order valence-corrected chi connectivity index (χ3v) is 2.99. The zero-order valence-electron chi connectivity index (χ0n) is 6.98. The van der Waals surface area contributed by atoms with E-state index in [-0.39, 0.29) is 0 Å². The summed E-state index contributed by atoms with van der Waals surface area (Å²) in [5.74, 6) is 2.01. The van der Waals surface area contributed by atoms with Crippen molar-refractivity contribution in [1.82, 2.24) is 4.98 Å². The molecule has 2 fully saturated rings. The number of rotatable bonds is 1. The van der Waals surface area contributed by atoms with Crippen molar-refractivity contribution in [2.75, 3.05) is 18.0 Å². The highest BCUT2D eigenvalue weighted by atomic mass is 15.2. The van der Waals surface area contributed by atoms with Crippen molar-refractivity contribution < 1.29 is 0 Å². The highest BCUT2D eigenvalue weighted by Gasteiger charge is 2.44. The molecule has 3 rings (SSSR count). The second-order valence-electron chi connectivity index (χ2n) is 3.87. The van der Waals surface area contributed by atoms with Crippen molar-refractivity contribution in [3.05, 3.63) is 24.5 Å². The molecule has 0 unspecified atom stereocenters. The molecule has 0 N–H and O–H groups in total. The number of anilines is 1. The Morgan fingerprint density at radius 3 is 2.83 bits per heavy atom. The Labute approximate surface area is 72.2 Å². The first kappa shape index (κ1) is 6.46. The van der Waals surface area contributed by atoms with E-state index in [0.29, 0.717) is 0 Å². The molecule has 0 radical (unpaired) electrons. The van der Waals surface area contributed by atoms with Gasteiger partial charge in [-0.25, -0.2) is 0 Å². The molecule has 0 aromatic carbocycles. The van der Waals surface area contributed by atoms with Gasteiger partial charge in [-0.3, -0.25) is 4.98 Å². The molecule has 1 aromatic heterocycles. The Bertz CT molecular complexity index is 273. The van der Waals surface area contributed by atoms with Gasteiger partial charge in [0, 0.05) is 19.3 Å². The molecule has 62 valence electrons. The van der Waals surface area contributed by atoms with Crippen LogP contribution in [0.3, 0.4) is 0 Å². The minimum Gasteiger partial charge on any atom is -0.370 e. The van der Waals surface area contributed by atoms with Gasteiger partial charge < -0.3 is 4.90 Å². The van der Waals surface area contributed by atoms with Crippen LogP contribution in [0.15, 0.2) is 24.5 Å². The molecule has 2 heteroatoms. The summed E-state index contributed by atoms with van der Waals surface area (Å²) in [6.45, 7) is 2.52. The molecule has 1 aliphatic carbocycles. The summed E-state index contributed by atoms with van der Waals surface area (Å²) < 4.78 is 0. The van der Waals surface area contributed by atoms with E-state index in [1.807, 2.05) is 18.5 Å². The van der Waals surface area contributed by atoms with E-state index in [0.717, 1.165) is 11.8 Å². The van der Waals surface area contributed by atoms with Gasteiger partial charge in [0.05, 0.1) is 11.9 Å². The number of nitrogens with zero attached hydrogens (tertiary/aromatic N) is 2. The molecule has 1 aromatic rings. The number of piperidine rings is 1. The summed E-state index contributed by atoms with van der Waals surface area (Å²) in [7, 11) is 0. The van der Waals surface area contributed by atoms with Crippen LogP contribution >= 0.6 is 0 Å². The quantitative estimate of drug-likeness (QED) is 0.619. The summed E-state index contributed by atoms with van der Waals surface area (Å²) in [4.78, 5) is 6.58. The van der Waals surface area contributed by atoms with Gasteiger partial charge in [-0.05, 0) is 30.4 Å². The van der Waals surface area contributed by atoms with Crippen LogP contribution in [-0.2, 0) is 0 Å². The monoisotopic (exact) mass is 160 g/mol. The number of hydrogen-bond acceptors (Lipinski definition) is 2. The van der Waals surface area contributed by atoms with Crippen LogP contribution in [-0.4, -0.2) is 18.1 Å². The molecule has 1 aliphatic heterocycles. The molecule has 2 nitrogen and oxygen atoms in total. The molecule has 2 atom stereocenters. The summed E-state index contributed by atoms with van der Waals surface area (Å²) in [6, 6.07) is 4.16. The van der Waals surface area contributed by atoms with E-state index in [1.54, 1.807) is 0 Å². The number of fused-ring (bicyclic) bond motifs is 1. The van der Waals surface area contributed by atoms with Crippen molar-refractivity contribution in [2.24, 2.45) is 11.8 Å².